The SMILES string of the molecule is Cl.[2H]c1c([2H])c([2H])c(OCC(C)N(CCCl)Cc2ccccc2)c([2H])c1[2H]. The first-order valence-corrected chi connectivity index (χ1v) is 7.44. The predicted molar refractivity (Wildman–Crippen MR) is 96.2 cm³/mol. The molecule has 0 amide bonds. The Morgan fingerprint density at radius 3 is 2.50 bits per heavy atom. The van der Waals surface area contributed by atoms with E-state index in [1.165, 1.54) is 0 Å². The smallest absolute Gasteiger partial charge is 0.119 e. The van der Waals surface area contributed by atoms with Crippen LogP contribution in [0.15, 0.2) is 60.5 Å². The van der Waals surface area contributed by atoms with E-state index in [0.717, 1.165) is 5.56 Å². The van der Waals surface area contributed by atoms with Crippen LogP contribution in [0.1, 0.15) is 19.3 Å². The number of ether oxygens (including phenoxy) is 1. The van der Waals surface area contributed by atoms with Crippen LogP contribution >= 0.6 is 24.0 Å². The highest BCUT2D eigenvalue weighted by atomic mass is 35.5. The molecule has 0 N–H and O–H groups in total. The minimum absolute atomic E-state index is 0. The van der Waals surface area contributed by atoms with Gasteiger partial charge >= 0.3 is 0 Å². The normalized spacial score (nSPS) is 15.0. The topological polar surface area (TPSA) is 12.5 Å². The average molecular weight is 345 g/mol. The van der Waals surface area contributed by atoms with Crippen LogP contribution in [0.3, 0.4) is 0 Å². The van der Waals surface area contributed by atoms with Crippen LogP contribution in [0, 0.1) is 0 Å². The van der Waals surface area contributed by atoms with Crippen molar-refractivity contribution in [2.45, 2.75) is 19.5 Å². The maximum Gasteiger partial charge on any atom is 0.119 e. The molecule has 0 aliphatic rings. The van der Waals surface area contributed by atoms with Gasteiger partial charge in [0.05, 0.1) is 6.85 Å². The van der Waals surface area contributed by atoms with Crippen LogP contribution in [-0.2, 0) is 6.54 Å². The Morgan fingerprint density at radius 1 is 1.18 bits per heavy atom. The van der Waals surface area contributed by atoms with Crippen LogP contribution in [0.4, 0.5) is 0 Å². The van der Waals surface area contributed by atoms with Gasteiger partial charge < -0.3 is 4.74 Å². The Balaban J connectivity index is 0.00000364. The minimum atomic E-state index is -0.423. The fourth-order valence-corrected chi connectivity index (χ4v) is 2.22. The fourth-order valence-electron chi connectivity index (χ4n) is 2.00. The van der Waals surface area contributed by atoms with E-state index in [1.54, 1.807) is 0 Å². The third-order valence-electron chi connectivity index (χ3n) is 3.17. The van der Waals surface area contributed by atoms with Crippen LogP contribution in [0.25, 0.3) is 0 Å². The van der Waals surface area contributed by atoms with E-state index in [4.69, 9.17) is 23.2 Å². The lowest BCUT2D eigenvalue weighted by molar-refractivity contribution is 0.146. The quantitative estimate of drug-likeness (QED) is 0.648. The van der Waals surface area contributed by atoms with Crippen LogP contribution < -0.4 is 4.74 Å². The lowest BCUT2D eigenvalue weighted by Crippen LogP contribution is -2.38. The summed E-state index contributed by atoms with van der Waals surface area (Å²) in [6.45, 7) is 3.50. The average Bonchev–Trinajstić information content (AvgIpc) is 2.65. The third kappa shape index (κ3) is 6.27. The maximum atomic E-state index is 7.92. The Labute approximate surface area is 151 Å². The molecule has 0 spiro atoms. The zero-order valence-corrected chi connectivity index (χ0v) is 14.0. The van der Waals surface area contributed by atoms with E-state index in [1.807, 2.05) is 37.3 Å². The van der Waals surface area contributed by atoms with Gasteiger partial charge in [0.15, 0.2) is 0 Å². The molecule has 0 aliphatic carbocycles. The number of nitrogens with zero attached hydrogens (tertiary/aromatic N) is 1. The molecule has 0 radical (unpaired) electrons. The standard InChI is InChI=1S/C18H22ClNO.ClH/c1-16(15-21-18-10-6-3-7-11-18)20(13-12-19)14-17-8-4-2-5-9-17;/h2-11,16H,12-15H2,1H3;1H/i3D,6D,7D,10D,11D;. The Kier molecular flexibility index (Phi) is 5.84. The molecule has 0 aliphatic heterocycles. The predicted octanol–water partition coefficient (Wildman–Crippen LogP) is 4.62. The molecule has 120 valence electrons. The van der Waals surface area contributed by atoms with Crippen molar-refractivity contribution in [1.82, 2.24) is 4.90 Å². The van der Waals surface area contributed by atoms with Crippen molar-refractivity contribution in [1.29, 1.82) is 0 Å². The molecule has 1 atom stereocenters. The second-order valence-electron chi connectivity index (χ2n) is 4.76. The largest absolute Gasteiger partial charge is 0.492 e. The van der Waals surface area contributed by atoms with Crippen molar-refractivity contribution < 1.29 is 11.6 Å². The lowest BCUT2D eigenvalue weighted by Gasteiger charge is -2.28. The van der Waals surface area contributed by atoms with E-state index in [9.17, 15) is 0 Å². The summed E-state index contributed by atoms with van der Waals surface area (Å²) in [5, 5.41) is 0. The number of hydrogen-bond acceptors (Lipinski definition) is 2. The highest BCUT2D eigenvalue weighted by Crippen LogP contribution is 2.12. The first-order valence-electron chi connectivity index (χ1n) is 9.40. The molecule has 0 saturated heterocycles. The number of halogens is 2. The van der Waals surface area contributed by atoms with Crippen molar-refractivity contribution in [3.8, 4) is 5.75 Å². The van der Waals surface area contributed by atoms with Gasteiger partial charge in [-0.1, -0.05) is 48.5 Å². The highest BCUT2D eigenvalue weighted by Gasteiger charge is 2.14. The van der Waals surface area contributed by atoms with Gasteiger partial charge in [-0.3, -0.25) is 4.90 Å². The molecular weight excluding hydrogens is 317 g/mol. The molecule has 2 aromatic rings. The van der Waals surface area contributed by atoms with Gasteiger partial charge in [-0.05, 0) is 24.6 Å². The summed E-state index contributed by atoms with van der Waals surface area (Å²) in [5.41, 5.74) is 1.15. The molecule has 0 saturated carbocycles. The van der Waals surface area contributed by atoms with Crippen LogP contribution in [0.5, 0.6) is 5.75 Å². The van der Waals surface area contributed by atoms with Gasteiger partial charge in [0.25, 0.3) is 0 Å². The van der Waals surface area contributed by atoms with Crippen LogP contribution in [0.2, 0.25) is 0 Å². The molecule has 4 heteroatoms. The second-order valence-corrected chi connectivity index (χ2v) is 5.14. The number of rotatable bonds is 8. The molecular formula is C18H23Cl2NO. The molecule has 22 heavy (non-hydrogen) atoms. The molecule has 2 nitrogen and oxygen atoms in total. The lowest BCUT2D eigenvalue weighted by atomic mass is 10.2. The summed E-state index contributed by atoms with van der Waals surface area (Å²) >= 11 is 5.92. The van der Waals surface area contributed by atoms with Crippen molar-refractivity contribution in [2.24, 2.45) is 0 Å². The summed E-state index contributed by atoms with van der Waals surface area (Å²) in [4.78, 5) is 2.14. The molecule has 0 aromatic heterocycles. The minimum Gasteiger partial charge on any atom is -0.492 e. The highest BCUT2D eigenvalue weighted by molar-refractivity contribution is 6.18. The number of benzene rings is 2. The van der Waals surface area contributed by atoms with Crippen molar-refractivity contribution in [3.05, 3.63) is 66.1 Å². The van der Waals surface area contributed by atoms with Gasteiger partial charge in [0.1, 0.15) is 12.4 Å². The van der Waals surface area contributed by atoms with Crippen LogP contribution in [-0.4, -0.2) is 30.0 Å². The molecule has 0 fully saturated rings. The fraction of sp³-hybridized carbons (Fsp3) is 0.333. The number of hydrogen-bond donors (Lipinski definition) is 0. The van der Waals surface area contributed by atoms with Gasteiger partial charge in [-0.15, -0.1) is 24.0 Å². The van der Waals surface area contributed by atoms with Gasteiger partial charge in [-0.25, -0.2) is 0 Å². The van der Waals surface area contributed by atoms with Gasteiger partial charge in [0, 0.05) is 25.0 Å². The molecule has 0 heterocycles. The van der Waals surface area contributed by atoms with Crippen molar-refractivity contribution in [2.75, 3.05) is 19.0 Å². The van der Waals surface area contributed by atoms with Crippen molar-refractivity contribution in [3.63, 3.8) is 0 Å². The van der Waals surface area contributed by atoms with E-state index >= 15 is 0 Å². The van der Waals surface area contributed by atoms with E-state index in [0.29, 0.717) is 19.0 Å². The molecule has 0 bridgehead atoms. The zero-order valence-electron chi connectivity index (χ0n) is 17.4. The first-order chi connectivity index (χ1) is 12.4. The zero-order chi connectivity index (χ0) is 19.3. The van der Waals surface area contributed by atoms with E-state index < -0.39 is 18.1 Å². The van der Waals surface area contributed by atoms with Crippen molar-refractivity contribution >= 4 is 24.0 Å². The van der Waals surface area contributed by atoms with E-state index in [2.05, 4.69) is 4.90 Å². The summed E-state index contributed by atoms with van der Waals surface area (Å²) in [5.74, 6) is 0.347. The Morgan fingerprint density at radius 2 is 1.86 bits per heavy atom. The Hall–Kier alpha value is -1.22. The summed E-state index contributed by atoms with van der Waals surface area (Å²) in [6.07, 6.45) is 0. The molecule has 1 unspecified atom stereocenters. The Bertz CT molecular complexity index is 719. The summed E-state index contributed by atoms with van der Waals surface area (Å²) < 4.78 is 44.5. The van der Waals surface area contributed by atoms with E-state index in [-0.39, 0.29) is 42.9 Å². The first kappa shape index (κ1) is 12.2. The maximum absolute atomic E-state index is 7.92. The molecule has 2 aromatic carbocycles. The van der Waals surface area contributed by atoms with Gasteiger partial charge in [0.2, 0.25) is 0 Å². The number of alkyl halides is 1. The monoisotopic (exact) mass is 344 g/mol. The summed E-state index contributed by atoms with van der Waals surface area (Å²) in [6, 6.07) is 8.07. The second kappa shape index (κ2) is 10.5. The third-order valence-corrected chi connectivity index (χ3v) is 3.34. The number of para-hydroxylation sites is 1. The molecule has 2 rings (SSSR count). The summed E-state index contributed by atoms with van der Waals surface area (Å²) in [7, 11) is 0. The van der Waals surface area contributed by atoms with Gasteiger partial charge in [-0.2, -0.15) is 0 Å².